The maximum Gasteiger partial charge on any atom is 0.306 e. The molecule has 0 radical (unpaired) electrons. The van der Waals surface area contributed by atoms with Gasteiger partial charge in [-0.25, -0.2) is 4.98 Å². The standard InChI is InChI=1S/C15H22N2O2/c1-2-15(7-3-4-8-15)14-16-11-6-5-10(13(18)19)9-12(11)17-14/h10H,2-9H2,1H3,(H,16,17)(H,18,19). The number of nitrogens with zero attached hydrogens (tertiary/aromatic N) is 1. The van der Waals surface area contributed by atoms with E-state index in [2.05, 4.69) is 11.9 Å². The summed E-state index contributed by atoms with van der Waals surface area (Å²) in [5.74, 6) is 0.221. The predicted molar refractivity (Wildman–Crippen MR) is 72.2 cm³/mol. The van der Waals surface area contributed by atoms with Crippen molar-refractivity contribution in [2.45, 2.75) is 63.7 Å². The molecule has 0 bridgehead atoms. The van der Waals surface area contributed by atoms with Crippen molar-refractivity contribution in [3.05, 3.63) is 17.2 Å². The molecule has 4 nitrogen and oxygen atoms in total. The summed E-state index contributed by atoms with van der Waals surface area (Å²) in [6, 6.07) is 0. The molecule has 0 aromatic carbocycles. The molecule has 0 aliphatic heterocycles. The third kappa shape index (κ3) is 2.07. The van der Waals surface area contributed by atoms with E-state index >= 15 is 0 Å². The van der Waals surface area contributed by atoms with Gasteiger partial charge in [0.05, 0.1) is 11.6 Å². The molecule has 1 fully saturated rings. The topological polar surface area (TPSA) is 66.0 Å². The Labute approximate surface area is 113 Å². The molecular formula is C15H22N2O2. The third-order valence-corrected chi connectivity index (χ3v) is 5.13. The summed E-state index contributed by atoms with van der Waals surface area (Å²) in [6.45, 7) is 2.24. The maximum atomic E-state index is 11.1. The van der Waals surface area contributed by atoms with Crippen LogP contribution in [0.5, 0.6) is 0 Å². The van der Waals surface area contributed by atoms with Crippen LogP contribution in [0.15, 0.2) is 0 Å². The number of rotatable bonds is 3. The minimum absolute atomic E-state index is 0.232. The van der Waals surface area contributed by atoms with Gasteiger partial charge < -0.3 is 10.1 Å². The van der Waals surface area contributed by atoms with Crippen molar-refractivity contribution in [2.24, 2.45) is 5.92 Å². The Morgan fingerprint density at radius 1 is 1.47 bits per heavy atom. The van der Waals surface area contributed by atoms with E-state index < -0.39 is 5.97 Å². The molecule has 1 aromatic heterocycles. The normalized spacial score (nSPS) is 25.2. The van der Waals surface area contributed by atoms with Gasteiger partial charge in [-0.3, -0.25) is 4.79 Å². The van der Waals surface area contributed by atoms with Gasteiger partial charge in [-0.15, -0.1) is 0 Å². The van der Waals surface area contributed by atoms with Crippen molar-refractivity contribution in [2.75, 3.05) is 0 Å². The fourth-order valence-electron chi connectivity index (χ4n) is 3.75. The fraction of sp³-hybridized carbons (Fsp3) is 0.733. The second-order valence-electron chi connectivity index (χ2n) is 6.13. The first-order chi connectivity index (χ1) is 9.14. The number of fused-ring (bicyclic) bond motifs is 1. The number of carbonyl (C=O) groups is 1. The molecule has 2 aliphatic rings. The zero-order valence-corrected chi connectivity index (χ0v) is 11.5. The monoisotopic (exact) mass is 262 g/mol. The molecule has 104 valence electrons. The molecule has 2 aliphatic carbocycles. The van der Waals surface area contributed by atoms with E-state index in [-0.39, 0.29) is 11.3 Å². The van der Waals surface area contributed by atoms with Crippen molar-refractivity contribution in [3.8, 4) is 0 Å². The number of hydrogen-bond donors (Lipinski definition) is 2. The first kappa shape index (κ1) is 12.7. The van der Waals surface area contributed by atoms with Gasteiger partial charge in [-0.05, 0) is 32.1 Å². The van der Waals surface area contributed by atoms with E-state index in [1.165, 1.54) is 25.7 Å². The molecule has 0 saturated heterocycles. The van der Waals surface area contributed by atoms with Crippen LogP contribution in [0.4, 0.5) is 0 Å². The Balaban J connectivity index is 1.89. The van der Waals surface area contributed by atoms with Crippen molar-refractivity contribution in [3.63, 3.8) is 0 Å². The summed E-state index contributed by atoms with van der Waals surface area (Å²) < 4.78 is 0. The molecule has 1 unspecified atom stereocenters. The molecule has 1 aromatic rings. The van der Waals surface area contributed by atoms with Crippen LogP contribution < -0.4 is 0 Å². The number of imidazole rings is 1. The Bertz CT molecular complexity index is 486. The molecule has 0 amide bonds. The number of aromatic nitrogens is 2. The number of aromatic amines is 1. The summed E-state index contributed by atoms with van der Waals surface area (Å²) in [7, 11) is 0. The molecule has 0 spiro atoms. The number of aryl methyl sites for hydroxylation is 1. The van der Waals surface area contributed by atoms with E-state index in [1.807, 2.05) is 0 Å². The molecule has 1 saturated carbocycles. The van der Waals surface area contributed by atoms with Gasteiger partial charge in [-0.1, -0.05) is 19.8 Å². The second-order valence-corrected chi connectivity index (χ2v) is 6.13. The lowest BCUT2D eigenvalue weighted by Crippen LogP contribution is -2.22. The van der Waals surface area contributed by atoms with Crippen LogP contribution in [-0.4, -0.2) is 21.0 Å². The van der Waals surface area contributed by atoms with Crippen LogP contribution >= 0.6 is 0 Å². The van der Waals surface area contributed by atoms with E-state index in [4.69, 9.17) is 10.1 Å². The summed E-state index contributed by atoms with van der Waals surface area (Å²) in [5.41, 5.74) is 2.43. The van der Waals surface area contributed by atoms with Crippen LogP contribution in [0.2, 0.25) is 0 Å². The van der Waals surface area contributed by atoms with Gasteiger partial charge in [-0.2, -0.15) is 0 Å². The summed E-state index contributed by atoms with van der Waals surface area (Å²) in [5, 5.41) is 9.14. The predicted octanol–water partition coefficient (Wildman–Crippen LogP) is 2.82. The van der Waals surface area contributed by atoms with Gasteiger partial charge in [0.25, 0.3) is 0 Å². The Hall–Kier alpha value is -1.32. The Morgan fingerprint density at radius 2 is 2.21 bits per heavy atom. The van der Waals surface area contributed by atoms with E-state index in [0.717, 1.165) is 36.5 Å². The number of nitrogens with one attached hydrogen (secondary N) is 1. The number of carboxylic acid groups (broad SMARTS) is 1. The number of aliphatic carboxylic acids is 1. The fourth-order valence-corrected chi connectivity index (χ4v) is 3.75. The highest BCUT2D eigenvalue weighted by atomic mass is 16.4. The number of hydrogen-bond acceptors (Lipinski definition) is 2. The average molecular weight is 262 g/mol. The molecule has 1 heterocycles. The van der Waals surface area contributed by atoms with E-state index in [9.17, 15) is 4.79 Å². The second kappa shape index (κ2) is 4.66. The minimum atomic E-state index is -0.673. The zero-order chi connectivity index (χ0) is 13.5. The summed E-state index contributed by atoms with van der Waals surface area (Å²) in [4.78, 5) is 19.4. The molecular weight excluding hydrogens is 240 g/mol. The summed E-state index contributed by atoms with van der Waals surface area (Å²) >= 11 is 0. The van der Waals surface area contributed by atoms with E-state index in [0.29, 0.717) is 6.42 Å². The molecule has 3 rings (SSSR count). The van der Waals surface area contributed by atoms with Crippen LogP contribution in [0.3, 0.4) is 0 Å². The maximum absolute atomic E-state index is 11.1. The van der Waals surface area contributed by atoms with Crippen LogP contribution in [-0.2, 0) is 23.1 Å². The van der Waals surface area contributed by atoms with Gasteiger partial charge in [0.15, 0.2) is 0 Å². The van der Waals surface area contributed by atoms with Crippen molar-refractivity contribution in [1.82, 2.24) is 9.97 Å². The quantitative estimate of drug-likeness (QED) is 0.880. The van der Waals surface area contributed by atoms with Gasteiger partial charge in [0.2, 0.25) is 0 Å². The lowest BCUT2D eigenvalue weighted by molar-refractivity contribution is -0.142. The largest absolute Gasteiger partial charge is 0.481 e. The van der Waals surface area contributed by atoms with Crippen LogP contribution in [0, 0.1) is 5.92 Å². The van der Waals surface area contributed by atoms with Gasteiger partial charge in [0.1, 0.15) is 5.82 Å². The molecule has 2 N–H and O–H groups in total. The lowest BCUT2D eigenvalue weighted by atomic mass is 9.83. The van der Waals surface area contributed by atoms with Gasteiger partial charge >= 0.3 is 5.97 Å². The third-order valence-electron chi connectivity index (χ3n) is 5.13. The highest BCUT2D eigenvalue weighted by Gasteiger charge is 2.38. The minimum Gasteiger partial charge on any atom is -0.481 e. The van der Waals surface area contributed by atoms with Gasteiger partial charge in [0, 0.05) is 17.5 Å². The first-order valence-electron chi connectivity index (χ1n) is 7.45. The summed E-state index contributed by atoms with van der Waals surface area (Å²) in [6.07, 6.45) is 8.30. The van der Waals surface area contributed by atoms with Crippen LogP contribution in [0.1, 0.15) is 62.7 Å². The van der Waals surface area contributed by atoms with Crippen molar-refractivity contribution < 1.29 is 9.90 Å². The van der Waals surface area contributed by atoms with E-state index in [1.54, 1.807) is 0 Å². The average Bonchev–Trinajstić information content (AvgIpc) is 3.04. The molecule has 4 heteroatoms. The number of carboxylic acids is 1. The van der Waals surface area contributed by atoms with Crippen molar-refractivity contribution in [1.29, 1.82) is 0 Å². The SMILES string of the molecule is CCC1(c2nc3c([nH]2)CC(C(=O)O)CC3)CCCC1. The number of H-pyrrole nitrogens is 1. The molecule has 1 atom stereocenters. The highest BCUT2D eigenvalue weighted by Crippen LogP contribution is 2.43. The van der Waals surface area contributed by atoms with Crippen molar-refractivity contribution >= 4 is 5.97 Å². The first-order valence-corrected chi connectivity index (χ1v) is 7.45. The van der Waals surface area contributed by atoms with Crippen LogP contribution in [0.25, 0.3) is 0 Å². The zero-order valence-electron chi connectivity index (χ0n) is 11.5. The Morgan fingerprint density at radius 3 is 2.84 bits per heavy atom. The highest BCUT2D eigenvalue weighted by molar-refractivity contribution is 5.70. The smallest absolute Gasteiger partial charge is 0.306 e. The lowest BCUT2D eigenvalue weighted by Gasteiger charge is -2.24. The Kier molecular flexibility index (Phi) is 3.11. The molecule has 19 heavy (non-hydrogen) atoms.